The third-order valence-electron chi connectivity index (χ3n) is 5.63. The second-order valence-corrected chi connectivity index (χ2v) is 9.69. The lowest BCUT2D eigenvalue weighted by Crippen LogP contribution is -2.50. The monoisotopic (exact) mass is 454 g/mol. The van der Waals surface area contributed by atoms with Gasteiger partial charge in [-0.15, -0.1) is 22.7 Å². The first-order chi connectivity index (χ1) is 14.9. The van der Waals surface area contributed by atoms with E-state index >= 15 is 0 Å². The molecule has 0 aliphatic carbocycles. The lowest BCUT2D eigenvalue weighted by Gasteiger charge is -2.34. The van der Waals surface area contributed by atoms with Crippen LogP contribution in [0.25, 0.3) is 11.3 Å². The van der Waals surface area contributed by atoms with Crippen LogP contribution in [0.15, 0.2) is 35.0 Å². The number of anilines is 1. The molecule has 0 spiro atoms. The van der Waals surface area contributed by atoms with E-state index in [1.807, 2.05) is 27.8 Å². The molecule has 8 heteroatoms. The maximum Gasteiger partial charge on any atom is 0.264 e. The van der Waals surface area contributed by atoms with Gasteiger partial charge in [0.1, 0.15) is 0 Å². The lowest BCUT2D eigenvalue weighted by molar-refractivity contribution is -0.117. The van der Waals surface area contributed by atoms with Gasteiger partial charge in [0.15, 0.2) is 5.13 Å². The minimum Gasteiger partial charge on any atom is -0.335 e. The van der Waals surface area contributed by atoms with Gasteiger partial charge in [0.05, 0.1) is 17.1 Å². The number of benzene rings is 1. The predicted octanol–water partition coefficient (Wildman–Crippen LogP) is 4.19. The Kier molecular flexibility index (Phi) is 6.50. The number of thiazole rings is 1. The summed E-state index contributed by atoms with van der Waals surface area (Å²) in [5, 5.41) is 7.45. The molecule has 6 nitrogen and oxygen atoms in total. The van der Waals surface area contributed by atoms with Gasteiger partial charge in [-0.1, -0.05) is 12.1 Å². The molecule has 2 aromatic heterocycles. The van der Waals surface area contributed by atoms with Crippen molar-refractivity contribution in [2.24, 2.45) is 0 Å². The van der Waals surface area contributed by atoms with E-state index in [2.05, 4.69) is 48.1 Å². The van der Waals surface area contributed by atoms with E-state index < -0.39 is 0 Å². The number of aryl methyl sites for hydroxylation is 3. The molecule has 3 heterocycles. The molecule has 1 aliphatic heterocycles. The molecule has 1 saturated heterocycles. The molecule has 162 valence electrons. The number of nitrogens with zero attached hydrogens (tertiary/aromatic N) is 3. The molecule has 1 aromatic carbocycles. The quantitative estimate of drug-likeness (QED) is 0.628. The van der Waals surface area contributed by atoms with E-state index in [4.69, 9.17) is 0 Å². The highest BCUT2D eigenvalue weighted by Crippen LogP contribution is 2.29. The van der Waals surface area contributed by atoms with Gasteiger partial charge < -0.3 is 10.2 Å². The minimum atomic E-state index is -0.0734. The van der Waals surface area contributed by atoms with Gasteiger partial charge in [-0.3, -0.25) is 14.5 Å². The molecule has 0 atom stereocenters. The first kappa shape index (κ1) is 21.7. The van der Waals surface area contributed by atoms with E-state index in [-0.39, 0.29) is 11.8 Å². The number of carbonyl (C=O) groups excluding carboxylic acids is 2. The van der Waals surface area contributed by atoms with Crippen molar-refractivity contribution in [1.29, 1.82) is 0 Å². The fraction of sp³-hybridized carbons (Fsp3) is 0.348. The van der Waals surface area contributed by atoms with Crippen LogP contribution >= 0.6 is 22.7 Å². The smallest absolute Gasteiger partial charge is 0.264 e. The molecule has 0 radical (unpaired) electrons. The fourth-order valence-electron chi connectivity index (χ4n) is 3.72. The summed E-state index contributed by atoms with van der Waals surface area (Å²) in [6.45, 7) is 9.25. The first-order valence-corrected chi connectivity index (χ1v) is 12.1. The number of carbonyl (C=O) groups is 2. The summed E-state index contributed by atoms with van der Waals surface area (Å²) in [5.41, 5.74) is 5.67. The fourth-order valence-corrected chi connectivity index (χ4v) is 5.14. The number of rotatable bonds is 5. The highest BCUT2D eigenvalue weighted by atomic mass is 32.1. The SMILES string of the molecule is Cc1cc(C)c(-c2csc(NC(=O)CN3CCN(C(=O)c4cccs4)CC3)n2)cc1C. The molecule has 2 amide bonds. The summed E-state index contributed by atoms with van der Waals surface area (Å²) in [7, 11) is 0. The average molecular weight is 455 g/mol. The van der Waals surface area contributed by atoms with Crippen LogP contribution in [0.1, 0.15) is 26.4 Å². The molecule has 31 heavy (non-hydrogen) atoms. The van der Waals surface area contributed by atoms with Gasteiger partial charge in [0.25, 0.3) is 5.91 Å². The van der Waals surface area contributed by atoms with E-state index in [1.54, 1.807) is 0 Å². The number of amides is 2. The van der Waals surface area contributed by atoms with E-state index in [0.29, 0.717) is 37.9 Å². The Labute approximate surface area is 190 Å². The van der Waals surface area contributed by atoms with Gasteiger partial charge in [-0.25, -0.2) is 4.98 Å². The molecule has 0 bridgehead atoms. The minimum absolute atomic E-state index is 0.0734. The molecule has 4 rings (SSSR count). The lowest BCUT2D eigenvalue weighted by atomic mass is 9.99. The molecule has 3 aromatic rings. The topological polar surface area (TPSA) is 65.5 Å². The Morgan fingerprint density at radius 3 is 2.48 bits per heavy atom. The first-order valence-electron chi connectivity index (χ1n) is 10.3. The maximum absolute atomic E-state index is 12.5. The van der Waals surface area contributed by atoms with Gasteiger partial charge in [-0.2, -0.15) is 0 Å². The largest absolute Gasteiger partial charge is 0.335 e. The van der Waals surface area contributed by atoms with Crippen molar-refractivity contribution in [3.8, 4) is 11.3 Å². The summed E-state index contributed by atoms with van der Waals surface area (Å²) in [6.07, 6.45) is 0. The Morgan fingerprint density at radius 2 is 1.77 bits per heavy atom. The molecule has 1 N–H and O–H groups in total. The Hall–Kier alpha value is -2.55. The van der Waals surface area contributed by atoms with Crippen molar-refractivity contribution < 1.29 is 9.59 Å². The van der Waals surface area contributed by atoms with Gasteiger partial charge in [0.2, 0.25) is 5.91 Å². The molecule has 1 fully saturated rings. The predicted molar refractivity (Wildman–Crippen MR) is 127 cm³/mol. The van der Waals surface area contributed by atoms with Crippen LogP contribution in [-0.4, -0.2) is 59.3 Å². The number of aromatic nitrogens is 1. The summed E-state index contributed by atoms with van der Waals surface area (Å²) in [5.74, 6) is 0.00629. The number of hydrogen-bond donors (Lipinski definition) is 1. The Balaban J connectivity index is 1.30. The normalized spacial score (nSPS) is 14.6. The average Bonchev–Trinajstić information content (AvgIpc) is 3.43. The number of thiophene rings is 1. The molecular weight excluding hydrogens is 428 g/mol. The third kappa shape index (κ3) is 5.03. The van der Waals surface area contributed by atoms with Crippen molar-refractivity contribution in [2.75, 3.05) is 38.0 Å². The number of hydrogen-bond acceptors (Lipinski definition) is 6. The summed E-state index contributed by atoms with van der Waals surface area (Å²) >= 11 is 2.91. The second-order valence-electron chi connectivity index (χ2n) is 7.88. The highest BCUT2D eigenvalue weighted by Gasteiger charge is 2.24. The van der Waals surface area contributed by atoms with Gasteiger partial charge >= 0.3 is 0 Å². The zero-order chi connectivity index (χ0) is 22.0. The van der Waals surface area contributed by atoms with Crippen LogP contribution in [0.3, 0.4) is 0 Å². The van der Waals surface area contributed by atoms with Crippen molar-refractivity contribution in [2.45, 2.75) is 20.8 Å². The van der Waals surface area contributed by atoms with Crippen LogP contribution in [0.2, 0.25) is 0 Å². The Bertz CT molecular complexity index is 1080. The second kappa shape index (κ2) is 9.30. The van der Waals surface area contributed by atoms with Crippen LogP contribution in [0.4, 0.5) is 5.13 Å². The summed E-state index contributed by atoms with van der Waals surface area (Å²) in [6, 6.07) is 8.08. The van der Waals surface area contributed by atoms with Gasteiger partial charge in [-0.05, 0) is 55.0 Å². The maximum atomic E-state index is 12.5. The zero-order valence-electron chi connectivity index (χ0n) is 18.0. The van der Waals surface area contributed by atoms with Crippen LogP contribution < -0.4 is 5.32 Å². The van der Waals surface area contributed by atoms with E-state index in [1.165, 1.54) is 39.4 Å². The molecule has 1 aliphatic rings. The highest BCUT2D eigenvalue weighted by molar-refractivity contribution is 7.14. The third-order valence-corrected chi connectivity index (χ3v) is 7.24. The van der Waals surface area contributed by atoms with Crippen LogP contribution in [-0.2, 0) is 4.79 Å². The Morgan fingerprint density at radius 1 is 1.03 bits per heavy atom. The van der Waals surface area contributed by atoms with Crippen molar-refractivity contribution in [1.82, 2.24) is 14.8 Å². The van der Waals surface area contributed by atoms with Gasteiger partial charge in [0, 0.05) is 37.1 Å². The molecule has 0 unspecified atom stereocenters. The van der Waals surface area contributed by atoms with Crippen molar-refractivity contribution in [3.05, 3.63) is 56.6 Å². The molecular formula is C23H26N4O2S2. The summed E-state index contributed by atoms with van der Waals surface area (Å²) in [4.78, 5) is 34.3. The summed E-state index contributed by atoms with van der Waals surface area (Å²) < 4.78 is 0. The number of nitrogens with one attached hydrogen (secondary N) is 1. The van der Waals surface area contributed by atoms with Crippen LogP contribution in [0, 0.1) is 20.8 Å². The van der Waals surface area contributed by atoms with Crippen LogP contribution in [0.5, 0.6) is 0 Å². The number of piperazine rings is 1. The zero-order valence-corrected chi connectivity index (χ0v) is 19.6. The van der Waals surface area contributed by atoms with Crippen molar-refractivity contribution in [3.63, 3.8) is 0 Å². The molecule has 0 saturated carbocycles. The standard InChI is InChI=1S/C23H26N4O2S2/c1-15-11-17(3)18(12-16(15)2)19-14-31-23(24-19)25-21(28)13-26-6-8-27(9-7-26)22(29)20-5-4-10-30-20/h4-5,10-12,14H,6-9,13H2,1-3H3,(H,24,25,28). The van der Waals surface area contributed by atoms with E-state index in [9.17, 15) is 9.59 Å². The van der Waals surface area contributed by atoms with E-state index in [0.717, 1.165) is 16.1 Å². The van der Waals surface area contributed by atoms with Crippen molar-refractivity contribution >= 4 is 39.6 Å².